The van der Waals surface area contributed by atoms with Crippen LogP contribution in [-0.2, 0) is 14.2 Å². The molecule has 3 aromatic rings. The number of esters is 3. The van der Waals surface area contributed by atoms with Gasteiger partial charge in [-0.2, -0.15) is 0 Å². The first-order chi connectivity index (χ1) is 15.5. The van der Waals surface area contributed by atoms with Gasteiger partial charge in [-0.15, -0.1) is 0 Å². The van der Waals surface area contributed by atoms with Crippen molar-refractivity contribution in [1.82, 2.24) is 15.0 Å². The largest absolute Gasteiger partial charge is 0.461 e. The van der Waals surface area contributed by atoms with Gasteiger partial charge in [-0.25, -0.2) is 14.4 Å². The summed E-state index contributed by atoms with van der Waals surface area (Å²) in [6, 6.07) is 0. The lowest BCUT2D eigenvalue weighted by Crippen LogP contribution is -2.29. The van der Waals surface area contributed by atoms with E-state index in [9.17, 15) is 14.4 Å². The van der Waals surface area contributed by atoms with Crippen LogP contribution in [0.1, 0.15) is 97.5 Å². The molecule has 0 aliphatic heterocycles. The molecule has 3 N–H and O–H groups in total. The zero-order chi connectivity index (χ0) is 22.6. The summed E-state index contributed by atoms with van der Waals surface area (Å²) >= 11 is 0. The maximum atomic E-state index is 12.7. The first-order valence-electron chi connectivity index (χ1n) is 10.7. The van der Waals surface area contributed by atoms with Crippen molar-refractivity contribution < 1.29 is 28.6 Å². The Morgan fingerprint density at radius 2 is 0.938 bits per heavy atom. The molecule has 0 saturated carbocycles. The van der Waals surface area contributed by atoms with Crippen molar-refractivity contribution in [3.8, 4) is 0 Å². The number of rotatable bonds is 6. The zero-order valence-electron chi connectivity index (χ0n) is 18.0. The van der Waals surface area contributed by atoms with Gasteiger partial charge in [0.2, 0.25) is 0 Å². The maximum absolute atomic E-state index is 12.7. The van der Waals surface area contributed by atoms with Gasteiger partial charge in [0.15, 0.2) is 0 Å². The number of H-pyrrole nitrogens is 3. The summed E-state index contributed by atoms with van der Waals surface area (Å²) in [5.74, 6) is -2.16. The van der Waals surface area contributed by atoms with Gasteiger partial charge >= 0.3 is 17.9 Å². The Morgan fingerprint density at radius 3 is 1.28 bits per heavy atom. The van der Waals surface area contributed by atoms with E-state index < -0.39 is 23.8 Å². The number of aromatic amines is 3. The van der Waals surface area contributed by atoms with Gasteiger partial charge in [-0.05, 0) is 37.5 Å². The summed E-state index contributed by atoms with van der Waals surface area (Å²) in [5, 5.41) is 0. The van der Waals surface area contributed by atoms with E-state index in [0.717, 1.165) is 33.4 Å². The Morgan fingerprint density at radius 1 is 0.625 bits per heavy atom. The van der Waals surface area contributed by atoms with Gasteiger partial charge in [0.25, 0.3) is 0 Å². The van der Waals surface area contributed by atoms with Crippen LogP contribution in [0.5, 0.6) is 0 Å². The molecule has 32 heavy (non-hydrogen) atoms. The number of hydrogen-bond donors (Lipinski definition) is 3. The molecule has 0 atom stereocenters. The van der Waals surface area contributed by atoms with Crippen molar-refractivity contribution >= 4 is 17.9 Å². The second-order valence-electron chi connectivity index (χ2n) is 7.63. The monoisotopic (exact) mass is 437 g/mol. The van der Waals surface area contributed by atoms with Crippen LogP contribution in [0.3, 0.4) is 0 Å². The third-order valence-corrected chi connectivity index (χ3v) is 6.09. The van der Waals surface area contributed by atoms with Crippen molar-refractivity contribution in [3.05, 3.63) is 69.1 Å². The Hall–Kier alpha value is -3.75. The van der Waals surface area contributed by atoms with Crippen LogP contribution in [0.4, 0.5) is 0 Å². The first-order valence-corrected chi connectivity index (χ1v) is 10.7. The van der Waals surface area contributed by atoms with E-state index in [1.807, 2.05) is 0 Å². The molecule has 0 amide bonds. The average Bonchev–Trinajstić information content (AvgIpc) is 3.50. The Labute approximate surface area is 183 Å². The SMILES string of the molecule is CCOC(=O)c1[nH]cc2c1C1c3c[nH]c(C(=O)OCC)c3C2c2c1c[nH]c2C(=O)OCC. The summed E-state index contributed by atoms with van der Waals surface area (Å²) in [6.07, 6.45) is 5.32. The minimum absolute atomic E-state index is 0.243. The van der Waals surface area contributed by atoms with Crippen LogP contribution in [0.15, 0.2) is 18.6 Å². The fourth-order valence-corrected chi connectivity index (χ4v) is 5.05. The normalized spacial score (nSPS) is 17.3. The van der Waals surface area contributed by atoms with Crippen LogP contribution < -0.4 is 0 Å². The molecule has 0 saturated heterocycles. The van der Waals surface area contributed by atoms with E-state index in [4.69, 9.17) is 14.2 Å². The minimum Gasteiger partial charge on any atom is -0.461 e. The summed E-state index contributed by atoms with van der Waals surface area (Å²) in [7, 11) is 0. The molecule has 3 aliphatic carbocycles. The quantitative estimate of drug-likeness (QED) is 0.277. The lowest BCUT2D eigenvalue weighted by atomic mass is 9.63. The highest BCUT2D eigenvalue weighted by molar-refractivity contribution is 5.97. The number of nitrogens with one attached hydrogen (secondary N) is 3. The van der Waals surface area contributed by atoms with E-state index in [2.05, 4.69) is 15.0 Å². The third-order valence-electron chi connectivity index (χ3n) is 6.09. The lowest BCUT2D eigenvalue weighted by Gasteiger charge is -2.38. The number of hydrogen-bond acceptors (Lipinski definition) is 6. The maximum Gasteiger partial charge on any atom is 0.355 e. The molecule has 0 aromatic carbocycles. The van der Waals surface area contributed by atoms with Crippen molar-refractivity contribution in [2.45, 2.75) is 32.6 Å². The average molecular weight is 437 g/mol. The number of aromatic nitrogens is 3. The second kappa shape index (κ2) is 7.44. The molecule has 9 heteroatoms. The summed E-state index contributed by atoms with van der Waals surface area (Å²) in [6.45, 7) is 5.99. The summed E-state index contributed by atoms with van der Waals surface area (Å²) in [5.41, 5.74) is 5.97. The molecule has 166 valence electrons. The van der Waals surface area contributed by atoms with Gasteiger partial charge in [0.05, 0.1) is 19.8 Å². The van der Waals surface area contributed by atoms with E-state index in [1.165, 1.54) is 0 Å². The molecule has 3 heterocycles. The van der Waals surface area contributed by atoms with Crippen LogP contribution in [-0.4, -0.2) is 52.7 Å². The van der Waals surface area contributed by atoms with Crippen molar-refractivity contribution in [2.24, 2.45) is 0 Å². The van der Waals surface area contributed by atoms with Gasteiger partial charge in [-0.3, -0.25) is 0 Å². The molecular formula is C23H23N3O6. The summed E-state index contributed by atoms with van der Waals surface area (Å²) < 4.78 is 15.8. The number of carbonyl (C=O) groups is 3. The molecule has 6 rings (SSSR count). The molecule has 0 radical (unpaired) electrons. The minimum atomic E-state index is -0.459. The van der Waals surface area contributed by atoms with Crippen LogP contribution in [0.2, 0.25) is 0 Å². The fourth-order valence-electron chi connectivity index (χ4n) is 5.05. The Bertz CT molecular complexity index is 1180. The molecule has 0 spiro atoms. The second-order valence-corrected chi connectivity index (χ2v) is 7.63. The molecule has 3 aliphatic rings. The van der Waals surface area contributed by atoms with Gasteiger partial charge < -0.3 is 29.2 Å². The van der Waals surface area contributed by atoms with E-state index in [0.29, 0.717) is 17.1 Å². The van der Waals surface area contributed by atoms with E-state index >= 15 is 0 Å². The van der Waals surface area contributed by atoms with Gasteiger partial charge in [0.1, 0.15) is 17.1 Å². The van der Waals surface area contributed by atoms with Crippen LogP contribution in [0.25, 0.3) is 0 Å². The van der Waals surface area contributed by atoms with Crippen molar-refractivity contribution in [1.29, 1.82) is 0 Å². The first kappa shape index (κ1) is 20.2. The van der Waals surface area contributed by atoms with Crippen LogP contribution >= 0.6 is 0 Å². The highest BCUT2D eigenvalue weighted by Crippen LogP contribution is 2.58. The standard InChI is InChI=1S/C23H23N3O6/c1-4-30-21(27)18-15-12(9-26-18)14-16-10(7-24-19(16)22(28)31-5-2)13(15)11-8-25-20(17(11)14)23(29)32-6-3/h7-9,13-14,24-26H,4-6H2,1-3H3. The molecule has 9 nitrogen and oxygen atoms in total. The Kier molecular flexibility index (Phi) is 4.69. The molecule has 2 bridgehead atoms. The summed E-state index contributed by atoms with van der Waals surface area (Å²) in [4.78, 5) is 47.3. The van der Waals surface area contributed by atoms with E-state index in [-0.39, 0.29) is 25.7 Å². The zero-order valence-corrected chi connectivity index (χ0v) is 18.0. The highest BCUT2D eigenvalue weighted by atomic mass is 16.5. The highest BCUT2D eigenvalue weighted by Gasteiger charge is 2.49. The van der Waals surface area contributed by atoms with Crippen molar-refractivity contribution in [3.63, 3.8) is 0 Å². The Balaban J connectivity index is 1.74. The predicted molar refractivity (Wildman–Crippen MR) is 112 cm³/mol. The smallest absolute Gasteiger partial charge is 0.355 e. The topological polar surface area (TPSA) is 126 Å². The van der Waals surface area contributed by atoms with E-state index in [1.54, 1.807) is 39.4 Å². The lowest BCUT2D eigenvalue weighted by molar-refractivity contribution is 0.0507. The molecule has 0 unspecified atom stereocenters. The molecule has 3 aromatic heterocycles. The fraction of sp³-hybridized carbons (Fsp3) is 0.348. The molecular weight excluding hydrogens is 414 g/mol. The molecule has 0 fully saturated rings. The number of ether oxygens (including phenoxy) is 3. The van der Waals surface area contributed by atoms with Crippen molar-refractivity contribution in [2.75, 3.05) is 19.8 Å². The van der Waals surface area contributed by atoms with Gasteiger partial charge in [-0.1, -0.05) is 0 Å². The third kappa shape index (κ3) is 2.60. The van der Waals surface area contributed by atoms with Crippen LogP contribution in [0, 0.1) is 0 Å². The number of carbonyl (C=O) groups excluding carboxylic acids is 3. The van der Waals surface area contributed by atoms with Gasteiger partial charge in [0, 0.05) is 47.1 Å². The predicted octanol–water partition coefficient (Wildman–Crippen LogP) is 3.19.